The van der Waals surface area contributed by atoms with E-state index >= 15 is 0 Å². The van der Waals surface area contributed by atoms with Crippen molar-refractivity contribution in [2.45, 2.75) is 0 Å². The van der Waals surface area contributed by atoms with Crippen LogP contribution in [-0.2, 0) is 0 Å². The lowest BCUT2D eigenvalue weighted by molar-refractivity contribution is 0.102. The van der Waals surface area contributed by atoms with Crippen molar-refractivity contribution in [1.29, 1.82) is 0 Å². The summed E-state index contributed by atoms with van der Waals surface area (Å²) in [6, 6.07) is 1.43. The van der Waals surface area contributed by atoms with Crippen LogP contribution in [0, 0.1) is 0 Å². The van der Waals surface area contributed by atoms with Crippen LogP contribution in [0.25, 0.3) is 0 Å². The number of rotatable bonds is 2. The molecule has 2 rings (SSSR count). The first kappa shape index (κ1) is 10.0. The Morgan fingerprint density at radius 1 is 1.19 bits per heavy atom. The smallest absolute Gasteiger partial charge is 0.259 e. The molecule has 0 saturated heterocycles. The largest absolute Gasteiger partial charge is 0.505 e. The van der Waals surface area contributed by atoms with Crippen LogP contribution in [0.1, 0.15) is 10.4 Å². The first-order valence-electron chi connectivity index (χ1n) is 4.46. The number of hydrogen-bond acceptors (Lipinski definition) is 5. The van der Waals surface area contributed by atoms with Gasteiger partial charge in [0.05, 0.1) is 29.8 Å². The van der Waals surface area contributed by atoms with Crippen molar-refractivity contribution in [3.8, 4) is 5.75 Å². The number of nitrogens with one attached hydrogen (secondary N) is 1. The van der Waals surface area contributed by atoms with Gasteiger partial charge in [0.2, 0.25) is 0 Å². The van der Waals surface area contributed by atoms with E-state index in [4.69, 9.17) is 0 Å². The average Bonchev–Trinajstić information content (AvgIpc) is 2.31. The summed E-state index contributed by atoms with van der Waals surface area (Å²) in [6.45, 7) is 0. The van der Waals surface area contributed by atoms with Gasteiger partial charge in [-0.15, -0.1) is 0 Å². The van der Waals surface area contributed by atoms with Gasteiger partial charge in [-0.2, -0.15) is 0 Å². The zero-order valence-corrected chi connectivity index (χ0v) is 8.16. The summed E-state index contributed by atoms with van der Waals surface area (Å²) in [5.41, 5.74) is 0.613. The summed E-state index contributed by atoms with van der Waals surface area (Å²) < 4.78 is 0. The third-order valence-corrected chi connectivity index (χ3v) is 1.86. The molecule has 0 aliphatic heterocycles. The summed E-state index contributed by atoms with van der Waals surface area (Å²) in [6.07, 6.45) is 6.92. The molecule has 0 unspecified atom stereocenters. The third-order valence-electron chi connectivity index (χ3n) is 1.86. The normalized spacial score (nSPS) is 9.75. The fourth-order valence-corrected chi connectivity index (χ4v) is 1.14. The van der Waals surface area contributed by atoms with Gasteiger partial charge in [-0.1, -0.05) is 0 Å². The molecule has 0 atom stereocenters. The average molecular weight is 216 g/mol. The van der Waals surface area contributed by atoms with E-state index in [1.165, 1.54) is 37.2 Å². The Bertz CT molecular complexity index is 501. The van der Waals surface area contributed by atoms with Crippen molar-refractivity contribution in [2.75, 3.05) is 5.32 Å². The molecule has 1 amide bonds. The minimum absolute atomic E-state index is 0.152. The van der Waals surface area contributed by atoms with Crippen LogP contribution in [0.3, 0.4) is 0 Å². The van der Waals surface area contributed by atoms with Crippen LogP contribution in [0.2, 0.25) is 0 Å². The minimum atomic E-state index is -0.435. The lowest BCUT2D eigenvalue weighted by Gasteiger charge is -2.04. The molecule has 16 heavy (non-hydrogen) atoms. The molecule has 6 heteroatoms. The number of nitrogens with zero attached hydrogens (tertiary/aromatic N) is 3. The van der Waals surface area contributed by atoms with Gasteiger partial charge in [0.25, 0.3) is 5.91 Å². The lowest BCUT2D eigenvalue weighted by Crippen LogP contribution is -2.12. The second-order valence-electron chi connectivity index (χ2n) is 2.97. The van der Waals surface area contributed by atoms with E-state index in [-0.39, 0.29) is 11.3 Å². The molecule has 0 spiro atoms. The van der Waals surface area contributed by atoms with Gasteiger partial charge in [-0.05, 0) is 6.07 Å². The van der Waals surface area contributed by atoms with Crippen molar-refractivity contribution < 1.29 is 9.90 Å². The molecule has 0 saturated carbocycles. The molecule has 6 nitrogen and oxygen atoms in total. The maximum atomic E-state index is 11.7. The number of hydrogen-bond donors (Lipinski definition) is 2. The molecule has 80 valence electrons. The molecule has 0 bridgehead atoms. The van der Waals surface area contributed by atoms with Gasteiger partial charge >= 0.3 is 0 Å². The van der Waals surface area contributed by atoms with E-state index in [0.717, 1.165) is 0 Å². The van der Waals surface area contributed by atoms with Gasteiger partial charge in [-0.25, -0.2) is 9.97 Å². The maximum Gasteiger partial charge on any atom is 0.259 e. The summed E-state index contributed by atoms with van der Waals surface area (Å²) >= 11 is 0. The first-order valence-corrected chi connectivity index (χ1v) is 4.46. The van der Waals surface area contributed by atoms with Crippen molar-refractivity contribution in [3.05, 3.63) is 42.7 Å². The van der Waals surface area contributed by atoms with Crippen molar-refractivity contribution in [3.63, 3.8) is 0 Å². The van der Waals surface area contributed by atoms with Crippen LogP contribution >= 0.6 is 0 Å². The fraction of sp³-hybridized carbons (Fsp3) is 0. The Morgan fingerprint density at radius 2 is 1.94 bits per heavy atom. The second-order valence-corrected chi connectivity index (χ2v) is 2.97. The molecular weight excluding hydrogens is 208 g/mol. The van der Waals surface area contributed by atoms with Gasteiger partial charge in [0.15, 0.2) is 0 Å². The Kier molecular flexibility index (Phi) is 2.73. The molecule has 0 radical (unpaired) electrons. The topological polar surface area (TPSA) is 88.0 Å². The number of aromatic nitrogens is 3. The molecule has 2 aromatic heterocycles. The fourth-order valence-electron chi connectivity index (χ4n) is 1.14. The van der Waals surface area contributed by atoms with E-state index in [2.05, 4.69) is 20.3 Å². The van der Waals surface area contributed by atoms with Crippen molar-refractivity contribution >= 4 is 11.6 Å². The van der Waals surface area contributed by atoms with E-state index in [0.29, 0.717) is 5.69 Å². The standard InChI is InChI=1S/C10H8N4O2/c15-9-5-11-2-1-8(9)10(16)14-7-3-12-6-13-4-7/h1-6,15H,(H,14,16). The number of carbonyl (C=O) groups is 1. The van der Waals surface area contributed by atoms with E-state index in [9.17, 15) is 9.90 Å². The molecule has 2 heterocycles. The highest BCUT2D eigenvalue weighted by molar-refractivity contribution is 6.05. The van der Waals surface area contributed by atoms with E-state index in [1.807, 2.05) is 0 Å². The minimum Gasteiger partial charge on any atom is -0.505 e. The molecule has 0 fully saturated rings. The highest BCUT2D eigenvalue weighted by Gasteiger charge is 2.10. The molecule has 0 aliphatic rings. The Morgan fingerprint density at radius 3 is 2.62 bits per heavy atom. The number of amides is 1. The van der Waals surface area contributed by atoms with Gasteiger partial charge in [-0.3, -0.25) is 9.78 Å². The van der Waals surface area contributed by atoms with Gasteiger partial charge in [0, 0.05) is 6.20 Å². The maximum absolute atomic E-state index is 11.7. The molecule has 2 N–H and O–H groups in total. The second kappa shape index (κ2) is 4.35. The zero-order chi connectivity index (χ0) is 11.4. The Balaban J connectivity index is 2.19. The third kappa shape index (κ3) is 2.11. The van der Waals surface area contributed by atoms with Crippen LogP contribution in [0.5, 0.6) is 5.75 Å². The van der Waals surface area contributed by atoms with Gasteiger partial charge < -0.3 is 10.4 Å². The summed E-state index contributed by atoms with van der Waals surface area (Å²) in [5.74, 6) is -0.605. The predicted molar refractivity (Wildman–Crippen MR) is 55.9 cm³/mol. The number of anilines is 1. The molecule has 0 aromatic carbocycles. The lowest BCUT2D eigenvalue weighted by atomic mass is 10.2. The van der Waals surface area contributed by atoms with Crippen molar-refractivity contribution in [1.82, 2.24) is 15.0 Å². The number of pyridine rings is 1. The molecule has 2 aromatic rings. The quantitative estimate of drug-likeness (QED) is 0.776. The summed E-state index contributed by atoms with van der Waals surface area (Å²) in [4.78, 5) is 22.9. The Labute approximate surface area is 91.0 Å². The van der Waals surface area contributed by atoms with Crippen molar-refractivity contribution in [2.24, 2.45) is 0 Å². The van der Waals surface area contributed by atoms with Crippen LogP contribution in [-0.4, -0.2) is 26.0 Å². The first-order chi connectivity index (χ1) is 7.77. The van der Waals surface area contributed by atoms with Crippen LogP contribution in [0.15, 0.2) is 37.2 Å². The van der Waals surface area contributed by atoms with E-state index < -0.39 is 5.91 Å². The number of carbonyl (C=O) groups excluding carboxylic acids is 1. The van der Waals surface area contributed by atoms with Crippen LogP contribution < -0.4 is 5.32 Å². The monoisotopic (exact) mass is 216 g/mol. The zero-order valence-electron chi connectivity index (χ0n) is 8.16. The van der Waals surface area contributed by atoms with Gasteiger partial charge in [0.1, 0.15) is 12.1 Å². The highest BCUT2D eigenvalue weighted by Crippen LogP contribution is 2.15. The summed E-state index contributed by atoms with van der Waals surface area (Å²) in [7, 11) is 0. The SMILES string of the molecule is O=C(Nc1cncnc1)c1ccncc1O. The molecular formula is C10H8N4O2. The highest BCUT2D eigenvalue weighted by atomic mass is 16.3. The van der Waals surface area contributed by atoms with E-state index in [1.54, 1.807) is 0 Å². The van der Waals surface area contributed by atoms with Crippen LogP contribution in [0.4, 0.5) is 5.69 Å². The number of aromatic hydroxyl groups is 1. The predicted octanol–water partition coefficient (Wildman–Crippen LogP) is 0.829. The Hall–Kier alpha value is -2.50. The molecule has 0 aliphatic carbocycles. The summed E-state index contributed by atoms with van der Waals surface area (Å²) in [5, 5.41) is 12.0.